The van der Waals surface area contributed by atoms with Gasteiger partial charge in [0.1, 0.15) is 5.75 Å². The average molecular weight is 320 g/mol. The standard InChI is InChI=1S/C19H28O4/c1-5-9-13-22-17(20)19(7-3,8-4)18(21)23-16-12-10-11-15(6-2)14-16/h10-12,14H,5-9,13H2,1-4H3. The molecule has 4 heteroatoms. The van der Waals surface area contributed by atoms with E-state index in [0.29, 0.717) is 25.2 Å². The number of esters is 2. The van der Waals surface area contributed by atoms with Gasteiger partial charge in [-0.25, -0.2) is 0 Å². The highest BCUT2D eigenvalue weighted by Crippen LogP contribution is 2.31. The van der Waals surface area contributed by atoms with Crippen molar-refractivity contribution in [3.05, 3.63) is 29.8 Å². The number of unbranched alkanes of at least 4 members (excludes halogenated alkanes) is 1. The number of ether oxygens (including phenoxy) is 2. The monoisotopic (exact) mass is 320 g/mol. The zero-order valence-electron chi connectivity index (χ0n) is 14.7. The van der Waals surface area contributed by atoms with Crippen molar-refractivity contribution in [2.75, 3.05) is 6.61 Å². The molecule has 0 fully saturated rings. The fourth-order valence-corrected chi connectivity index (χ4v) is 2.39. The van der Waals surface area contributed by atoms with Crippen LogP contribution in [0.25, 0.3) is 0 Å². The number of hydrogen-bond acceptors (Lipinski definition) is 4. The van der Waals surface area contributed by atoms with Crippen molar-refractivity contribution in [1.82, 2.24) is 0 Å². The van der Waals surface area contributed by atoms with E-state index < -0.39 is 17.4 Å². The third kappa shape index (κ3) is 4.81. The summed E-state index contributed by atoms with van der Waals surface area (Å²) in [6.07, 6.45) is 3.31. The lowest BCUT2D eigenvalue weighted by molar-refractivity contribution is -0.168. The largest absolute Gasteiger partial charge is 0.465 e. The molecule has 0 aliphatic heterocycles. The Kier molecular flexibility index (Phi) is 7.79. The molecule has 0 N–H and O–H groups in total. The average Bonchev–Trinajstić information content (AvgIpc) is 2.57. The molecule has 0 aliphatic rings. The molecule has 128 valence electrons. The zero-order valence-corrected chi connectivity index (χ0v) is 14.7. The zero-order chi connectivity index (χ0) is 17.3. The Morgan fingerprint density at radius 1 is 1.04 bits per heavy atom. The third-order valence-corrected chi connectivity index (χ3v) is 4.24. The Balaban J connectivity index is 2.89. The van der Waals surface area contributed by atoms with Crippen molar-refractivity contribution >= 4 is 11.9 Å². The maximum absolute atomic E-state index is 12.6. The van der Waals surface area contributed by atoms with Gasteiger partial charge in [0.15, 0.2) is 5.41 Å². The second kappa shape index (κ2) is 9.33. The van der Waals surface area contributed by atoms with Crippen molar-refractivity contribution in [2.24, 2.45) is 5.41 Å². The Morgan fingerprint density at radius 2 is 1.74 bits per heavy atom. The molecular formula is C19H28O4. The molecule has 0 aliphatic carbocycles. The van der Waals surface area contributed by atoms with Gasteiger partial charge in [0, 0.05) is 0 Å². The molecule has 0 atom stereocenters. The maximum Gasteiger partial charge on any atom is 0.328 e. The van der Waals surface area contributed by atoms with Crippen LogP contribution in [0.5, 0.6) is 5.75 Å². The van der Waals surface area contributed by atoms with Gasteiger partial charge in [-0.3, -0.25) is 9.59 Å². The first-order chi connectivity index (χ1) is 11.0. The second-order valence-corrected chi connectivity index (χ2v) is 5.67. The van der Waals surface area contributed by atoms with Crippen molar-refractivity contribution < 1.29 is 19.1 Å². The van der Waals surface area contributed by atoms with E-state index in [1.165, 1.54) is 0 Å². The highest BCUT2D eigenvalue weighted by Gasteiger charge is 2.46. The Hall–Kier alpha value is -1.84. The van der Waals surface area contributed by atoms with Gasteiger partial charge in [-0.05, 0) is 43.4 Å². The van der Waals surface area contributed by atoms with Crippen LogP contribution < -0.4 is 4.74 Å². The fourth-order valence-electron chi connectivity index (χ4n) is 2.39. The van der Waals surface area contributed by atoms with Gasteiger partial charge in [0.05, 0.1) is 6.61 Å². The second-order valence-electron chi connectivity index (χ2n) is 5.67. The first-order valence-electron chi connectivity index (χ1n) is 8.52. The van der Waals surface area contributed by atoms with E-state index in [2.05, 4.69) is 0 Å². The maximum atomic E-state index is 12.6. The van der Waals surface area contributed by atoms with Gasteiger partial charge < -0.3 is 9.47 Å². The summed E-state index contributed by atoms with van der Waals surface area (Å²) in [5.41, 5.74) is -0.143. The minimum absolute atomic E-state index is 0.343. The Bertz CT molecular complexity index is 518. The molecular weight excluding hydrogens is 292 g/mol. The summed E-state index contributed by atoms with van der Waals surface area (Å²) < 4.78 is 10.8. The van der Waals surface area contributed by atoms with Crippen molar-refractivity contribution in [2.45, 2.75) is 59.8 Å². The van der Waals surface area contributed by atoms with Crippen LogP contribution in [0.2, 0.25) is 0 Å². The van der Waals surface area contributed by atoms with Crippen LogP contribution in [0.1, 0.15) is 58.9 Å². The van der Waals surface area contributed by atoms with Crippen molar-refractivity contribution in [3.8, 4) is 5.75 Å². The summed E-state index contributed by atoms with van der Waals surface area (Å²) in [7, 11) is 0. The molecule has 0 saturated heterocycles. The molecule has 23 heavy (non-hydrogen) atoms. The summed E-state index contributed by atoms with van der Waals surface area (Å²) in [5.74, 6) is -0.535. The molecule has 1 aromatic carbocycles. The lowest BCUT2D eigenvalue weighted by Gasteiger charge is -2.26. The van der Waals surface area contributed by atoms with Crippen molar-refractivity contribution in [3.63, 3.8) is 0 Å². The first-order valence-corrected chi connectivity index (χ1v) is 8.52. The quantitative estimate of drug-likeness (QED) is 0.294. The van der Waals surface area contributed by atoms with Crippen LogP contribution in [0.4, 0.5) is 0 Å². The smallest absolute Gasteiger partial charge is 0.328 e. The highest BCUT2D eigenvalue weighted by molar-refractivity contribution is 6.00. The van der Waals surface area contributed by atoms with Crippen LogP contribution in [-0.4, -0.2) is 18.5 Å². The van der Waals surface area contributed by atoms with Crippen LogP contribution in [-0.2, 0) is 20.7 Å². The molecule has 0 heterocycles. The van der Waals surface area contributed by atoms with Gasteiger partial charge in [-0.2, -0.15) is 0 Å². The van der Waals surface area contributed by atoms with Gasteiger partial charge >= 0.3 is 11.9 Å². The van der Waals surface area contributed by atoms with Crippen LogP contribution in [0.15, 0.2) is 24.3 Å². The number of carbonyl (C=O) groups is 2. The minimum atomic E-state index is -1.23. The molecule has 0 saturated carbocycles. The summed E-state index contributed by atoms with van der Waals surface area (Å²) in [6.45, 7) is 8.03. The molecule has 0 unspecified atom stereocenters. The topological polar surface area (TPSA) is 52.6 Å². The SMILES string of the molecule is CCCCOC(=O)C(CC)(CC)C(=O)Oc1cccc(CC)c1. The molecule has 1 aromatic rings. The number of rotatable bonds is 9. The molecule has 0 amide bonds. The molecule has 0 spiro atoms. The number of aryl methyl sites for hydroxylation is 1. The summed E-state index contributed by atoms with van der Waals surface area (Å²) in [6, 6.07) is 7.38. The van der Waals surface area contributed by atoms with E-state index in [9.17, 15) is 9.59 Å². The fraction of sp³-hybridized carbons (Fsp3) is 0.579. The Morgan fingerprint density at radius 3 is 2.30 bits per heavy atom. The predicted molar refractivity (Wildman–Crippen MR) is 90.3 cm³/mol. The van der Waals surface area contributed by atoms with Gasteiger partial charge in [0.25, 0.3) is 0 Å². The Labute approximate surface area is 139 Å². The lowest BCUT2D eigenvalue weighted by Crippen LogP contribution is -2.42. The molecule has 1 rings (SSSR count). The lowest BCUT2D eigenvalue weighted by atomic mass is 9.82. The van der Waals surface area contributed by atoms with E-state index in [1.54, 1.807) is 6.07 Å². The molecule has 0 radical (unpaired) electrons. The summed E-state index contributed by atoms with van der Waals surface area (Å²) >= 11 is 0. The molecule has 0 aromatic heterocycles. The number of benzene rings is 1. The highest BCUT2D eigenvalue weighted by atomic mass is 16.6. The molecule has 4 nitrogen and oxygen atoms in total. The van der Waals surface area contributed by atoms with E-state index in [1.807, 2.05) is 45.9 Å². The van der Waals surface area contributed by atoms with E-state index in [-0.39, 0.29) is 0 Å². The van der Waals surface area contributed by atoms with Gasteiger partial charge in [-0.1, -0.05) is 46.2 Å². The van der Waals surface area contributed by atoms with E-state index >= 15 is 0 Å². The third-order valence-electron chi connectivity index (χ3n) is 4.24. The summed E-state index contributed by atoms with van der Waals surface area (Å²) in [4.78, 5) is 25.1. The van der Waals surface area contributed by atoms with Crippen molar-refractivity contribution in [1.29, 1.82) is 0 Å². The van der Waals surface area contributed by atoms with E-state index in [4.69, 9.17) is 9.47 Å². The summed E-state index contributed by atoms with van der Waals surface area (Å²) in [5, 5.41) is 0. The molecule has 0 bridgehead atoms. The van der Waals surface area contributed by atoms with Crippen LogP contribution in [0, 0.1) is 5.41 Å². The first kappa shape index (κ1) is 19.2. The van der Waals surface area contributed by atoms with Crippen LogP contribution >= 0.6 is 0 Å². The normalized spacial score (nSPS) is 11.1. The predicted octanol–water partition coefficient (Wildman–Crippen LogP) is 4.30. The van der Waals surface area contributed by atoms with Gasteiger partial charge in [-0.15, -0.1) is 0 Å². The van der Waals surface area contributed by atoms with E-state index in [0.717, 1.165) is 24.8 Å². The minimum Gasteiger partial charge on any atom is -0.465 e. The number of carbonyl (C=O) groups excluding carboxylic acids is 2. The van der Waals surface area contributed by atoms with Crippen LogP contribution in [0.3, 0.4) is 0 Å². The number of hydrogen-bond donors (Lipinski definition) is 0. The van der Waals surface area contributed by atoms with Gasteiger partial charge in [0.2, 0.25) is 0 Å².